The molecule has 0 aliphatic rings. The number of carboxylic acids is 2. The number of hydrogen-bond donors (Lipinski definition) is 9. The van der Waals surface area contributed by atoms with E-state index in [0.717, 1.165) is 30.1 Å². The number of imidazole rings is 7. The number of rotatable bonds is 5. The van der Waals surface area contributed by atoms with Gasteiger partial charge in [0.25, 0.3) is 0 Å². The molecule has 0 fully saturated rings. The molecule has 9 rings (SSSR count). The summed E-state index contributed by atoms with van der Waals surface area (Å²) in [5.74, 6) is -1.24. The quantitative estimate of drug-likeness (QED) is 0.108. The average Bonchev–Trinajstić information content (AvgIpc) is 4.11. The number of aryl methyl sites for hydroxylation is 3. The molecule has 8 aromatic heterocycles. The fourth-order valence-corrected chi connectivity index (χ4v) is 3.54. The van der Waals surface area contributed by atoms with Crippen molar-refractivity contribution in [1.29, 1.82) is 0 Å². The van der Waals surface area contributed by atoms with Gasteiger partial charge < -0.3 is 66.2 Å². The van der Waals surface area contributed by atoms with Gasteiger partial charge in [-0.3, -0.25) is 0 Å². The molecule has 0 spiro atoms. The number of nitrogens with one attached hydrogen (secondary N) is 7. The van der Waals surface area contributed by atoms with Crippen molar-refractivity contribution in [3.05, 3.63) is 171 Å². The summed E-state index contributed by atoms with van der Waals surface area (Å²) in [5.41, 5.74) is 11.3. The minimum absolute atomic E-state index is 0. The second kappa shape index (κ2) is 32.0. The molecule has 0 radical (unpaired) electrons. The molecule has 59 heavy (non-hydrogen) atoms. The molecule has 0 aliphatic carbocycles. The molecule has 1 aromatic carbocycles. The number of benzene rings is 1. The molecule has 0 aliphatic heterocycles. The molecule has 11 N–H and O–H groups in total. The van der Waals surface area contributed by atoms with Crippen LogP contribution in [0.4, 0.5) is 11.9 Å². The number of carbonyl (C=O) groups excluding carboxylic acids is 2. The van der Waals surface area contributed by atoms with E-state index < -0.39 is 11.9 Å². The van der Waals surface area contributed by atoms with E-state index in [1.165, 1.54) is 12.1 Å². The molecule has 0 saturated carbocycles. The van der Waals surface area contributed by atoms with E-state index in [4.69, 9.17) is 11.5 Å². The van der Waals surface area contributed by atoms with Gasteiger partial charge in [0, 0.05) is 104 Å². The number of nitrogens with zero attached hydrogens (tertiary/aromatic N) is 10. The Bertz CT molecular complexity index is 1830. The summed E-state index contributed by atoms with van der Waals surface area (Å²) in [6, 6.07) is 5.14. The number of anilines is 2. The first-order valence-corrected chi connectivity index (χ1v) is 16.6. The number of aromatic amines is 7. The van der Waals surface area contributed by atoms with Crippen LogP contribution < -0.4 is 21.7 Å². The minimum atomic E-state index is -1.52. The summed E-state index contributed by atoms with van der Waals surface area (Å²) < 4.78 is 0. The molecule has 0 saturated heterocycles. The van der Waals surface area contributed by atoms with Crippen LogP contribution in [0, 0.1) is 6.92 Å². The summed E-state index contributed by atoms with van der Waals surface area (Å²) >= 11 is 0. The Labute approximate surface area is 346 Å². The van der Waals surface area contributed by atoms with Crippen molar-refractivity contribution in [3.8, 4) is 0 Å². The molecule has 310 valence electrons. The number of hydrogen-bond acceptors (Lipinski definition) is 16. The molecule has 23 nitrogen and oxygen atoms in total. The minimum Gasteiger partial charge on any atom is -0.545 e. The van der Waals surface area contributed by atoms with Crippen LogP contribution in [-0.2, 0) is 29.3 Å². The van der Waals surface area contributed by atoms with E-state index in [1.54, 1.807) is 119 Å². The third-order valence-electron chi connectivity index (χ3n) is 5.89. The zero-order chi connectivity index (χ0) is 41.9. The number of nitrogens with two attached hydrogens (primary N) is 2. The van der Waals surface area contributed by atoms with Crippen LogP contribution in [0.5, 0.6) is 0 Å². The predicted molar refractivity (Wildman–Crippen MR) is 206 cm³/mol. The van der Waals surface area contributed by atoms with Crippen LogP contribution in [0.25, 0.3) is 0 Å². The number of aromatic carboxylic acids is 2. The topological polar surface area (TPSA) is 372 Å². The van der Waals surface area contributed by atoms with Crippen molar-refractivity contribution in [1.82, 2.24) is 84.7 Å². The summed E-state index contributed by atoms with van der Waals surface area (Å²) in [6.45, 7) is 1.91. The van der Waals surface area contributed by atoms with Crippen molar-refractivity contribution < 1.29 is 36.3 Å². The third kappa shape index (κ3) is 25.4. The molecular formula is C35H41N19NiO4. The second-order valence-electron chi connectivity index (χ2n) is 10.1. The predicted octanol–water partition coefficient (Wildman–Crippen LogP) is 0.722. The van der Waals surface area contributed by atoms with Crippen molar-refractivity contribution >= 4 is 23.8 Å². The maximum Gasteiger partial charge on any atom is 2.00 e. The van der Waals surface area contributed by atoms with Gasteiger partial charge in [0.05, 0.1) is 49.9 Å². The Balaban J connectivity index is 0.000000356. The van der Waals surface area contributed by atoms with Crippen LogP contribution in [0.15, 0.2) is 143 Å². The van der Waals surface area contributed by atoms with Gasteiger partial charge in [-0.2, -0.15) is 15.0 Å². The largest absolute Gasteiger partial charge is 2.00 e. The SMILES string of the molecule is Cc1ncc(CCc2nc(N)nc(N)n2)[nH]1.O=C([O-])c1ccccc1C(=O)[O-].[Ni+2].c1c[nH]cn1.c1c[nH]cn1.c1c[nH]cn1.c1c[nH]cn1.c1c[nH]cn1.c1c[nH]cn1. The summed E-state index contributed by atoms with van der Waals surface area (Å²) in [4.78, 5) is 78.1. The van der Waals surface area contributed by atoms with Gasteiger partial charge in [0.2, 0.25) is 11.9 Å². The molecule has 0 atom stereocenters. The Morgan fingerprint density at radius 1 is 0.559 bits per heavy atom. The number of aromatic nitrogens is 17. The summed E-state index contributed by atoms with van der Waals surface area (Å²) in [7, 11) is 0. The fraction of sp³-hybridized carbons (Fsp3) is 0.0857. The van der Waals surface area contributed by atoms with Gasteiger partial charge in [-0.25, -0.2) is 34.9 Å². The Morgan fingerprint density at radius 3 is 1.12 bits per heavy atom. The summed E-state index contributed by atoms with van der Waals surface area (Å²) in [5, 5.41) is 20.6. The molecule has 8 heterocycles. The zero-order valence-electron chi connectivity index (χ0n) is 31.3. The number of carboxylic acid groups (broad SMARTS) is 2. The van der Waals surface area contributed by atoms with Crippen LogP contribution in [0.1, 0.15) is 38.1 Å². The first-order chi connectivity index (χ1) is 28.3. The van der Waals surface area contributed by atoms with E-state index in [2.05, 4.69) is 84.7 Å². The van der Waals surface area contributed by atoms with Gasteiger partial charge in [0.1, 0.15) is 11.6 Å². The Hall–Kier alpha value is -8.27. The number of carbonyl (C=O) groups is 2. The van der Waals surface area contributed by atoms with E-state index in [9.17, 15) is 19.8 Å². The first-order valence-electron chi connectivity index (χ1n) is 16.6. The fourth-order valence-electron chi connectivity index (χ4n) is 3.54. The van der Waals surface area contributed by atoms with Crippen LogP contribution in [0.3, 0.4) is 0 Å². The van der Waals surface area contributed by atoms with E-state index in [-0.39, 0.29) is 39.5 Å². The first kappa shape index (κ1) is 48.8. The van der Waals surface area contributed by atoms with Gasteiger partial charge >= 0.3 is 16.5 Å². The van der Waals surface area contributed by atoms with Gasteiger partial charge in [-0.1, -0.05) is 24.3 Å². The molecular weight excluding hydrogens is 809 g/mol. The Kier molecular flexibility index (Phi) is 26.5. The maximum atomic E-state index is 10.3. The van der Waals surface area contributed by atoms with Crippen LogP contribution in [-0.4, -0.2) is 96.7 Å². The standard InChI is InChI=1S/C9H13N7.C8H6O4.6C3H4N2.Ni/c1-5-12-4-6(13-5)2-3-7-14-8(10)16-9(11)15-7;9-7(10)5-3-1-2-4-6(5)8(11)12;6*1-2-5-3-4-1;/h4H,2-3H2,1H3,(H,12,13)(H4,10,11,14,15,16);1-4H,(H,9,10)(H,11,12);6*1-3H,(H,4,5);/q;;;;;;;;+2/p-2. The van der Waals surface area contributed by atoms with Crippen molar-refractivity contribution in [3.63, 3.8) is 0 Å². The monoisotopic (exact) mass is 849 g/mol. The van der Waals surface area contributed by atoms with Gasteiger partial charge in [-0.05, 0) is 13.3 Å². The van der Waals surface area contributed by atoms with Crippen molar-refractivity contribution in [2.24, 2.45) is 0 Å². The van der Waals surface area contributed by atoms with Crippen LogP contribution >= 0.6 is 0 Å². The maximum absolute atomic E-state index is 10.3. The van der Waals surface area contributed by atoms with E-state index in [0.29, 0.717) is 12.2 Å². The number of H-pyrrole nitrogens is 7. The van der Waals surface area contributed by atoms with Crippen LogP contribution in [0.2, 0.25) is 0 Å². The zero-order valence-corrected chi connectivity index (χ0v) is 32.3. The van der Waals surface area contributed by atoms with Gasteiger partial charge in [0.15, 0.2) is 0 Å². The smallest absolute Gasteiger partial charge is 0.545 e. The van der Waals surface area contributed by atoms with Crippen molar-refractivity contribution in [2.75, 3.05) is 11.5 Å². The second-order valence-corrected chi connectivity index (χ2v) is 10.1. The summed E-state index contributed by atoms with van der Waals surface area (Å²) in [6.07, 6.45) is 33.7. The van der Waals surface area contributed by atoms with E-state index >= 15 is 0 Å². The average molecular weight is 851 g/mol. The Morgan fingerprint density at radius 2 is 0.898 bits per heavy atom. The molecule has 0 amide bonds. The number of nitrogen functional groups attached to an aromatic ring is 2. The van der Waals surface area contributed by atoms with Gasteiger partial charge in [-0.15, -0.1) is 0 Å². The molecule has 0 unspecified atom stereocenters. The van der Waals surface area contributed by atoms with E-state index in [1.807, 2.05) is 6.92 Å². The molecule has 24 heteroatoms. The molecule has 0 bridgehead atoms. The molecule has 9 aromatic rings. The van der Waals surface area contributed by atoms with Crippen molar-refractivity contribution in [2.45, 2.75) is 19.8 Å². The normalized spacial score (nSPS) is 8.83. The third-order valence-corrected chi connectivity index (χ3v) is 5.89.